The topological polar surface area (TPSA) is 126 Å². The lowest BCUT2D eigenvalue weighted by molar-refractivity contribution is -0.384. The van der Waals surface area contributed by atoms with Gasteiger partial charge in [-0.05, 0) is 50.6 Å². The number of carbonyl (C=O) groups is 1. The summed E-state index contributed by atoms with van der Waals surface area (Å²) in [5.74, 6) is 0.555. The van der Waals surface area contributed by atoms with Crippen LogP contribution < -0.4 is 20.3 Å². The molecule has 4 rings (SSSR count). The number of aryl methyl sites for hydroxylation is 1. The molecule has 0 bridgehead atoms. The maximum absolute atomic E-state index is 13.1. The Morgan fingerprint density at radius 3 is 2.66 bits per heavy atom. The van der Waals surface area contributed by atoms with Crippen molar-refractivity contribution in [3.63, 3.8) is 0 Å². The molecule has 0 fully saturated rings. The third-order valence-corrected chi connectivity index (χ3v) is 5.24. The first-order chi connectivity index (χ1) is 15.2. The van der Waals surface area contributed by atoms with E-state index in [-0.39, 0.29) is 18.2 Å². The molecule has 10 nitrogen and oxygen atoms in total. The number of carbonyl (C=O) groups excluding carboxylic acids is 1. The maximum Gasteiger partial charge on any atom is 0.293 e. The molecule has 32 heavy (non-hydrogen) atoms. The van der Waals surface area contributed by atoms with Crippen LogP contribution in [0.4, 0.5) is 11.4 Å². The van der Waals surface area contributed by atoms with Crippen LogP contribution in [0.15, 0.2) is 53.3 Å². The highest BCUT2D eigenvalue weighted by Crippen LogP contribution is 2.35. The molecule has 1 amide bonds. The summed E-state index contributed by atoms with van der Waals surface area (Å²) in [5, 5.41) is 18.4. The van der Waals surface area contributed by atoms with E-state index in [1.807, 2.05) is 0 Å². The Morgan fingerprint density at radius 1 is 1.16 bits per heavy atom. The van der Waals surface area contributed by atoms with Gasteiger partial charge in [-0.3, -0.25) is 19.7 Å². The first-order valence-corrected chi connectivity index (χ1v) is 9.75. The monoisotopic (exact) mass is 436 g/mol. The molecule has 3 aromatic rings. The molecule has 1 aliphatic heterocycles. The van der Waals surface area contributed by atoms with Crippen LogP contribution in [0.3, 0.4) is 0 Å². The number of hydrogen-bond acceptors (Lipinski definition) is 7. The number of benzene rings is 2. The number of anilines is 1. The number of ether oxygens (including phenoxy) is 2. The Hall–Kier alpha value is -4.21. The minimum atomic E-state index is -1.44. The number of fused-ring (bicyclic) bond motifs is 1. The van der Waals surface area contributed by atoms with E-state index in [9.17, 15) is 19.7 Å². The Morgan fingerprint density at radius 2 is 1.91 bits per heavy atom. The summed E-state index contributed by atoms with van der Waals surface area (Å²) < 4.78 is 11.8. The van der Waals surface area contributed by atoms with Crippen molar-refractivity contribution in [3.8, 4) is 22.8 Å². The van der Waals surface area contributed by atoms with E-state index in [0.29, 0.717) is 28.3 Å². The van der Waals surface area contributed by atoms with Crippen LogP contribution in [0.2, 0.25) is 0 Å². The van der Waals surface area contributed by atoms with Gasteiger partial charge in [-0.1, -0.05) is 12.1 Å². The van der Waals surface area contributed by atoms with E-state index >= 15 is 0 Å². The normalized spacial score (nSPS) is 12.5. The molecule has 1 aromatic heterocycles. The molecule has 0 saturated carbocycles. The predicted octanol–water partition coefficient (Wildman–Crippen LogP) is 3.23. The smallest absolute Gasteiger partial charge is 0.293 e. The Kier molecular flexibility index (Phi) is 5.13. The minimum absolute atomic E-state index is 0.0792. The van der Waals surface area contributed by atoms with Crippen molar-refractivity contribution < 1.29 is 19.2 Å². The van der Waals surface area contributed by atoms with Crippen molar-refractivity contribution in [1.29, 1.82) is 0 Å². The molecule has 0 spiro atoms. The zero-order valence-electron chi connectivity index (χ0n) is 17.6. The molecular formula is C22H20N4O6. The van der Waals surface area contributed by atoms with Crippen LogP contribution in [-0.4, -0.2) is 27.4 Å². The number of hydrogen-bond donors (Lipinski definition) is 1. The second kappa shape index (κ2) is 7.80. The van der Waals surface area contributed by atoms with Gasteiger partial charge in [0.25, 0.3) is 17.2 Å². The molecule has 1 N–H and O–H groups in total. The lowest BCUT2D eigenvalue weighted by Gasteiger charge is -2.25. The van der Waals surface area contributed by atoms with Gasteiger partial charge in [0.15, 0.2) is 11.5 Å². The summed E-state index contributed by atoms with van der Waals surface area (Å²) >= 11 is 0. The number of nitrogens with one attached hydrogen (secondary N) is 1. The Bertz CT molecular complexity index is 1300. The van der Waals surface area contributed by atoms with E-state index < -0.39 is 21.9 Å². The van der Waals surface area contributed by atoms with Gasteiger partial charge < -0.3 is 14.8 Å². The number of rotatable bonds is 5. The number of nitro benzene ring substituents is 1. The summed E-state index contributed by atoms with van der Waals surface area (Å²) in [5.41, 5.74) is -0.440. The summed E-state index contributed by atoms with van der Waals surface area (Å²) in [7, 11) is 0. The van der Waals surface area contributed by atoms with Crippen molar-refractivity contribution in [2.24, 2.45) is 0 Å². The largest absolute Gasteiger partial charge is 0.454 e. The van der Waals surface area contributed by atoms with Crippen molar-refractivity contribution in [2.75, 3.05) is 12.1 Å². The summed E-state index contributed by atoms with van der Waals surface area (Å²) in [6, 6.07) is 12.6. The van der Waals surface area contributed by atoms with Gasteiger partial charge in [0.2, 0.25) is 6.79 Å². The lowest BCUT2D eigenvalue weighted by atomic mass is 10.0. The van der Waals surface area contributed by atoms with E-state index in [2.05, 4.69) is 10.4 Å². The quantitative estimate of drug-likeness (QED) is 0.481. The lowest BCUT2D eigenvalue weighted by Crippen LogP contribution is -2.47. The molecule has 164 valence electrons. The van der Waals surface area contributed by atoms with Gasteiger partial charge in [0.05, 0.1) is 10.6 Å². The molecule has 0 saturated heterocycles. The van der Waals surface area contributed by atoms with Crippen molar-refractivity contribution in [2.45, 2.75) is 26.3 Å². The van der Waals surface area contributed by atoms with E-state index in [4.69, 9.17) is 9.47 Å². The molecule has 0 radical (unpaired) electrons. The van der Waals surface area contributed by atoms with Crippen molar-refractivity contribution in [3.05, 3.63) is 74.6 Å². The molecule has 0 unspecified atom stereocenters. The zero-order valence-corrected chi connectivity index (χ0v) is 17.6. The number of nitro groups is 1. The van der Waals surface area contributed by atoms with Crippen LogP contribution in [0.1, 0.15) is 19.4 Å². The first-order valence-electron chi connectivity index (χ1n) is 9.75. The molecule has 2 heterocycles. The fourth-order valence-electron chi connectivity index (χ4n) is 3.35. The Balaban J connectivity index is 1.70. The fourth-order valence-corrected chi connectivity index (χ4v) is 3.35. The molecule has 10 heteroatoms. The minimum Gasteiger partial charge on any atom is -0.454 e. The molecule has 0 aliphatic carbocycles. The number of amides is 1. The highest BCUT2D eigenvalue weighted by molar-refractivity contribution is 5.98. The van der Waals surface area contributed by atoms with Crippen molar-refractivity contribution >= 4 is 17.3 Å². The summed E-state index contributed by atoms with van der Waals surface area (Å²) in [6.45, 7) is 4.82. The second-order valence-electron chi connectivity index (χ2n) is 7.78. The van der Waals surface area contributed by atoms with Gasteiger partial charge in [0, 0.05) is 17.7 Å². The van der Waals surface area contributed by atoms with Crippen LogP contribution >= 0.6 is 0 Å². The molecular weight excluding hydrogens is 416 g/mol. The molecule has 2 aromatic carbocycles. The molecule has 0 atom stereocenters. The third kappa shape index (κ3) is 3.66. The maximum atomic E-state index is 13.1. The van der Waals surface area contributed by atoms with E-state index in [1.54, 1.807) is 37.3 Å². The second-order valence-corrected chi connectivity index (χ2v) is 7.78. The average molecular weight is 436 g/mol. The molecule has 1 aliphatic rings. The number of para-hydroxylation sites is 1. The fraction of sp³-hybridized carbons (Fsp3) is 0.227. The SMILES string of the molecule is Cc1cccc([N+](=O)[O-])c1NC(=O)C(C)(C)n1nc(-c2ccc3c(c2)OCO3)ccc1=O. The summed E-state index contributed by atoms with van der Waals surface area (Å²) in [6.07, 6.45) is 0. The first kappa shape index (κ1) is 21.0. The van der Waals surface area contributed by atoms with Gasteiger partial charge in [0.1, 0.15) is 11.2 Å². The zero-order chi connectivity index (χ0) is 23.0. The Labute approximate surface area is 182 Å². The average Bonchev–Trinajstić information content (AvgIpc) is 3.23. The van der Waals surface area contributed by atoms with Crippen LogP contribution in [0.25, 0.3) is 11.3 Å². The van der Waals surface area contributed by atoms with Crippen LogP contribution in [-0.2, 0) is 10.3 Å². The number of aromatic nitrogens is 2. The predicted molar refractivity (Wildman–Crippen MR) is 116 cm³/mol. The van der Waals surface area contributed by atoms with Gasteiger partial charge in [-0.25, -0.2) is 4.68 Å². The highest BCUT2D eigenvalue weighted by atomic mass is 16.7. The van der Waals surface area contributed by atoms with E-state index in [1.165, 1.54) is 32.0 Å². The standard InChI is InChI=1S/C22H20N4O6/c1-13-5-4-6-16(26(29)30)20(13)23-21(28)22(2,3)25-19(27)10-8-15(24-25)14-7-9-17-18(11-14)32-12-31-17/h4-11H,12H2,1-3H3,(H,23,28). The highest BCUT2D eigenvalue weighted by Gasteiger charge is 2.34. The van der Waals surface area contributed by atoms with Gasteiger partial charge in [-0.15, -0.1) is 0 Å². The summed E-state index contributed by atoms with van der Waals surface area (Å²) in [4.78, 5) is 36.6. The third-order valence-electron chi connectivity index (χ3n) is 5.24. The van der Waals surface area contributed by atoms with Gasteiger partial charge in [-0.2, -0.15) is 5.10 Å². The number of nitrogens with zero attached hydrogens (tertiary/aromatic N) is 3. The van der Waals surface area contributed by atoms with Crippen LogP contribution in [0, 0.1) is 17.0 Å². The van der Waals surface area contributed by atoms with E-state index in [0.717, 1.165) is 4.68 Å². The van der Waals surface area contributed by atoms with Gasteiger partial charge >= 0.3 is 0 Å². The van der Waals surface area contributed by atoms with Crippen molar-refractivity contribution in [1.82, 2.24) is 9.78 Å². The van der Waals surface area contributed by atoms with Crippen LogP contribution in [0.5, 0.6) is 11.5 Å².